The average molecular weight is 625 g/mol. The summed E-state index contributed by atoms with van der Waals surface area (Å²) in [5.41, 5.74) is 2.57. The molecule has 8 atom stereocenters. The zero-order chi connectivity index (χ0) is 32.0. The van der Waals surface area contributed by atoms with Gasteiger partial charge < -0.3 is 35.0 Å². The fraction of sp³-hybridized carbons (Fsp3) is 0.706. The van der Waals surface area contributed by atoms with Crippen LogP contribution in [0.3, 0.4) is 0 Å². The van der Waals surface area contributed by atoms with Crippen molar-refractivity contribution in [1.82, 2.24) is 20.4 Å². The van der Waals surface area contributed by atoms with E-state index in [1.807, 2.05) is 13.0 Å². The summed E-state index contributed by atoms with van der Waals surface area (Å²) < 4.78 is 11.8. The van der Waals surface area contributed by atoms with Crippen LogP contribution in [0.5, 0.6) is 11.5 Å². The second kappa shape index (κ2) is 12.5. The summed E-state index contributed by atoms with van der Waals surface area (Å²) in [6.07, 6.45) is 7.27. The van der Waals surface area contributed by atoms with E-state index in [0.29, 0.717) is 37.8 Å². The lowest BCUT2D eigenvalue weighted by Crippen LogP contribution is -2.65. The molecular weight excluding hydrogens is 576 g/mol. The topological polar surface area (TPSA) is 138 Å². The van der Waals surface area contributed by atoms with Gasteiger partial charge >= 0.3 is 5.97 Å². The van der Waals surface area contributed by atoms with E-state index in [-0.39, 0.29) is 41.1 Å². The van der Waals surface area contributed by atoms with Crippen LogP contribution in [0.4, 0.5) is 0 Å². The fourth-order valence-electron chi connectivity index (χ4n) is 9.00. The van der Waals surface area contributed by atoms with E-state index in [9.17, 15) is 24.3 Å². The first-order valence-electron chi connectivity index (χ1n) is 16.8. The van der Waals surface area contributed by atoms with Crippen molar-refractivity contribution >= 4 is 23.6 Å². The highest BCUT2D eigenvalue weighted by Gasteiger charge is 2.65. The van der Waals surface area contributed by atoms with Crippen LogP contribution in [0.15, 0.2) is 12.1 Å². The largest absolute Gasteiger partial charge is 0.493 e. The SMILES string of the molecule is CC[C@H](C)[C@H](NC(=O)[C@@H]1CCCN1C(=O)[C@@H]1CCCN1)C(=O)O.COc1ccc2c3c1O[C@H]1C(=O)CC[C@H]4[C@@H](C2)N(C)CC[C@]314. The maximum absolute atomic E-state index is 12.6. The van der Waals surface area contributed by atoms with Gasteiger partial charge in [0.2, 0.25) is 11.8 Å². The number of methoxy groups -OCH3 is 1. The van der Waals surface area contributed by atoms with Gasteiger partial charge in [-0.25, -0.2) is 4.79 Å². The normalized spacial score (nSPS) is 32.5. The Bertz CT molecular complexity index is 1350. The third kappa shape index (κ3) is 5.29. The molecule has 0 aromatic heterocycles. The zero-order valence-electron chi connectivity index (χ0n) is 27.0. The number of nitrogens with one attached hydrogen (secondary N) is 2. The molecule has 0 radical (unpaired) electrons. The third-order valence-electron chi connectivity index (χ3n) is 11.6. The Balaban J connectivity index is 0.000000159. The molecule has 4 aliphatic heterocycles. The second-order valence-electron chi connectivity index (χ2n) is 13.8. The van der Waals surface area contributed by atoms with Gasteiger partial charge in [-0.15, -0.1) is 0 Å². The van der Waals surface area contributed by atoms with Crippen molar-refractivity contribution < 1.29 is 33.8 Å². The Labute approximate surface area is 265 Å². The quantitative estimate of drug-likeness (QED) is 0.417. The first-order chi connectivity index (χ1) is 21.6. The highest BCUT2D eigenvalue weighted by atomic mass is 16.5. The number of carbonyl (C=O) groups excluding carboxylic acids is 3. The number of nitrogens with zero attached hydrogens (tertiary/aromatic N) is 2. The summed E-state index contributed by atoms with van der Waals surface area (Å²) in [7, 11) is 3.91. The monoisotopic (exact) mass is 624 g/mol. The van der Waals surface area contributed by atoms with Gasteiger partial charge in [0, 0.05) is 30.0 Å². The minimum absolute atomic E-state index is 0.0319. The molecular formula is C34H48N4O7. The van der Waals surface area contributed by atoms with Crippen LogP contribution < -0.4 is 20.1 Å². The van der Waals surface area contributed by atoms with Crippen molar-refractivity contribution in [1.29, 1.82) is 0 Å². The lowest BCUT2D eigenvalue weighted by Gasteiger charge is -2.57. The number of aliphatic carboxylic acids is 1. The summed E-state index contributed by atoms with van der Waals surface area (Å²) in [5, 5.41) is 15.1. The first-order valence-corrected chi connectivity index (χ1v) is 16.8. The molecule has 3 saturated heterocycles. The van der Waals surface area contributed by atoms with E-state index in [1.165, 1.54) is 11.1 Å². The molecule has 3 N–H and O–H groups in total. The summed E-state index contributed by atoms with van der Waals surface area (Å²) in [6.45, 7) is 6.14. The second-order valence-corrected chi connectivity index (χ2v) is 13.8. The van der Waals surface area contributed by atoms with Crippen molar-refractivity contribution in [2.24, 2.45) is 11.8 Å². The molecule has 2 bridgehead atoms. The number of ether oxygens (including phenoxy) is 2. The van der Waals surface area contributed by atoms with Crippen LogP contribution in [0, 0.1) is 11.8 Å². The van der Waals surface area contributed by atoms with Crippen molar-refractivity contribution in [3.63, 3.8) is 0 Å². The van der Waals surface area contributed by atoms with E-state index in [4.69, 9.17) is 9.47 Å². The zero-order valence-corrected chi connectivity index (χ0v) is 27.0. The van der Waals surface area contributed by atoms with Gasteiger partial charge in [-0.3, -0.25) is 14.4 Å². The summed E-state index contributed by atoms with van der Waals surface area (Å²) >= 11 is 0. The van der Waals surface area contributed by atoms with Gasteiger partial charge in [0.1, 0.15) is 12.1 Å². The minimum atomic E-state index is -1.03. The summed E-state index contributed by atoms with van der Waals surface area (Å²) in [4.78, 5) is 53.2. The van der Waals surface area contributed by atoms with Crippen LogP contribution in [0.1, 0.15) is 76.3 Å². The standard InChI is InChI=1S/C18H21NO3.C16H27N3O4/c1-19-8-7-18-11-4-5-13(20)17(18)22-16-14(21-2)6-3-10(15(16)18)9-12(11)19;1-3-10(2)13(16(22)23)18-14(20)12-7-5-9-19(12)15(21)11-6-4-8-17-11/h3,6,11-12,17H,4-5,7-9H2,1-2H3;10-13,17H,3-9H2,1-2H3,(H,18,20)(H,22,23)/t11-,12+,17-,18-;10-,11-,12-,13-/m00/s1. The number of amides is 2. The Hall–Kier alpha value is -3.18. The van der Waals surface area contributed by atoms with Gasteiger partial charge in [0.05, 0.1) is 13.2 Å². The van der Waals surface area contributed by atoms with Crippen molar-refractivity contribution in [3.05, 3.63) is 23.3 Å². The van der Waals surface area contributed by atoms with E-state index >= 15 is 0 Å². The number of benzene rings is 1. The van der Waals surface area contributed by atoms with Crippen LogP contribution in [-0.4, -0.2) is 103 Å². The molecule has 45 heavy (non-hydrogen) atoms. The van der Waals surface area contributed by atoms with Crippen LogP contribution in [0.25, 0.3) is 0 Å². The number of likely N-dealkylation sites (N-methyl/N-ethyl adjacent to an activating group) is 1. The summed E-state index contributed by atoms with van der Waals surface area (Å²) in [6, 6.07) is 3.08. The molecule has 4 heterocycles. The molecule has 1 aromatic carbocycles. The smallest absolute Gasteiger partial charge is 0.326 e. The van der Waals surface area contributed by atoms with Gasteiger partial charge in [-0.05, 0) is 88.5 Å². The van der Waals surface area contributed by atoms with Crippen molar-refractivity contribution in [2.75, 3.05) is 33.8 Å². The van der Waals surface area contributed by atoms with E-state index in [0.717, 1.165) is 63.1 Å². The molecule has 11 nitrogen and oxygen atoms in total. The summed E-state index contributed by atoms with van der Waals surface area (Å²) in [5.74, 6) is 0.900. The highest BCUT2D eigenvalue weighted by molar-refractivity contribution is 5.92. The molecule has 246 valence electrons. The van der Waals surface area contributed by atoms with E-state index in [2.05, 4.69) is 28.6 Å². The molecule has 1 spiro atoms. The number of hydrogen-bond acceptors (Lipinski definition) is 8. The third-order valence-corrected chi connectivity index (χ3v) is 11.6. The molecule has 2 aliphatic carbocycles. The molecule has 0 unspecified atom stereocenters. The molecule has 1 aromatic rings. The number of carboxylic acid groups (broad SMARTS) is 1. The predicted octanol–water partition coefficient (Wildman–Crippen LogP) is 2.28. The Morgan fingerprint density at radius 1 is 1.20 bits per heavy atom. The van der Waals surface area contributed by atoms with Crippen LogP contribution in [-0.2, 0) is 31.0 Å². The predicted molar refractivity (Wildman–Crippen MR) is 166 cm³/mol. The number of piperidine rings is 1. The van der Waals surface area contributed by atoms with Gasteiger partial charge in [-0.2, -0.15) is 0 Å². The van der Waals surface area contributed by atoms with Crippen LogP contribution in [0.2, 0.25) is 0 Å². The number of carbonyl (C=O) groups is 4. The first kappa shape index (κ1) is 31.8. The Morgan fingerprint density at radius 2 is 2.00 bits per heavy atom. The average Bonchev–Trinajstić information content (AvgIpc) is 3.81. The number of ketones is 1. The number of likely N-dealkylation sites (tertiary alicyclic amines) is 2. The lowest BCUT2D eigenvalue weighted by atomic mass is 9.52. The van der Waals surface area contributed by atoms with Crippen molar-refractivity contribution in [3.8, 4) is 11.5 Å². The Kier molecular flexibility index (Phi) is 8.86. The molecule has 11 heteroatoms. The van der Waals surface area contributed by atoms with Crippen molar-refractivity contribution in [2.45, 2.75) is 107 Å². The minimum Gasteiger partial charge on any atom is -0.493 e. The molecule has 2 amide bonds. The van der Waals surface area contributed by atoms with Gasteiger partial charge in [0.15, 0.2) is 23.4 Å². The van der Waals surface area contributed by atoms with Gasteiger partial charge in [-0.1, -0.05) is 26.3 Å². The Morgan fingerprint density at radius 3 is 2.69 bits per heavy atom. The highest BCUT2D eigenvalue weighted by Crippen LogP contribution is 2.63. The number of carboxylic acids is 1. The van der Waals surface area contributed by atoms with E-state index in [1.54, 1.807) is 18.9 Å². The molecule has 1 saturated carbocycles. The number of hydrogen-bond donors (Lipinski definition) is 3. The number of Topliss-reactive ketones (excluding diaryl/α,β-unsaturated/α-hetero) is 1. The number of rotatable bonds is 7. The lowest BCUT2D eigenvalue weighted by molar-refractivity contribution is -0.145. The molecule has 6 aliphatic rings. The molecule has 7 rings (SSSR count). The van der Waals surface area contributed by atoms with Crippen LogP contribution >= 0.6 is 0 Å². The maximum Gasteiger partial charge on any atom is 0.326 e. The molecule has 4 fully saturated rings. The van der Waals surface area contributed by atoms with E-state index < -0.39 is 18.1 Å². The maximum atomic E-state index is 12.6. The van der Waals surface area contributed by atoms with Gasteiger partial charge in [0.25, 0.3) is 0 Å². The fourth-order valence-corrected chi connectivity index (χ4v) is 9.00.